The Hall–Kier alpha value is -0.780. The van der Waals surface area contributed by atoms with Crippen molar-refractivity contribution in [2.24, 2.45) is 4.99 Å². The number of halogens is 2. The van der Waals surface area contributed by atoms with Crippen LogP contribution in [0, 0.1) is 5.82 Å². The van der Waals surface area contributed by atoms with Crippen molar-refractivity contribution in [1.82, 2.24) is 0 Å². The third-order valence-electron chi connectivity index (χ3n) is 3.43. The lowest BCUT2D eigenvalue weighted by Crippen LogP contribution is -2.34. The summed E-state index contributed by atoms with van der Waals surface area (Å²) < 4.78 is 19.2. The van der Waals surface area contributed by atoms with Gasteiger partial charge in [-0.15, -0.1) is 0 Å². The summed E-state index contributed by atoms with van der Waals surface area (Å²) in [6, 6.07) is 4.92. The van der Waals surface area contributed by atoms with Crippen LogP contribution in [0.15, 0.2) is 23.2 Å². The van der Waals surface area contributed by atoms with Gasteiger partial charge in [0.1, 0.15) is 0 Å². The SMILES string of the molecule is Fc1c(Cl)cccc1NC1=NC2(CCOCC2)CS1. The van der Waals surface area contributed by atoms with Gasteiger partial charge in [0.05, 0.1) is 16.2 Å². The van der Waals surface area contributed by atoms with Gasteiger partial charge in [-0.2, -0.15) is 0 Å². The third kappa shape index (κ3) is 2.73. The van der Waals surface area contributed by atoms with Gasteiger partial charge in [-0.3, -0.25) is 4.99 Å². The van der Waals surface area contributed by atoms with Crippen molar-refractivity contribution in [1.29, 1.82) is 0 Å². The predicted octanol–water partition coefficient (Wildman–Crippen LogP) is 3.54. The van der Waals surface area contributed by atoms with Crippen molar-refractivity contribution in [2.45, 2.75) is 18.4 Å². The second-order valence-electron chi connectivity index (χ2n) is 4.77. The first-order valence-electron chi connectivity index (χ1n) is 6.20. The van der Waals surface area contributed by atoms with Gasteiger partial charge in [0, 0.05) is 19.0 Å². The molecule has 0 radical (unpaired) electrons. The molecule has 1 saturated heterocycles. The number of nitrogens with one attached hydrogen (secondary N) is 1. The molecule has 1 fully saturated rings. The Balaban J connectivity index is 1.77. The maximum atomic E-state index is 13.8. The number of benzene rings is 1. The quantitative estimate of drug-likeness (QED) is 0.861. The zero-order valence-electron chi connectivity index (χ0n) is 10.3. The molecule has 6 heteroatoms. The van der Waals surface area contributed by atoms with Crippen LogP contribution in [0.3, 0.4) is 0 Å². The molecule has 0 unspecified atom stereocenters. The fourth-order valence-electron chi connectivity index (χ4n) is 2.27. The van der Waals surface area contributed by atoms with E-state index in [2.05, 4.69) is 5.32 Å². The van der Waals surface area contributed by atoms with Gasteiger partial charge < -0.3 is 10.1 Å². The maximum Gasteiger partial charge on any atom is 0.165 e. The van der Waals surface area contributed by atoms with Crippen LogP contribution in [0.5, 0.6) is 0 Å². The molecule has 2 aliphatic rings. The Morgan fingerprint density at radius 3 is 2.95 bits per heavy atom. The van der Waals surface area contributed by atoms with Crippen LogP contribution in [0.25, 0.3) is 0 Å². The van der Waals surface area contributed by atoms with Crippen LogP contribution in [-0.2, 0) is 4.74 Å². The van der Waals surface area contributed by atoms with E-state index in [4.69, 9.17) is 21.3 Å². The second kappa shape index (κ2) is 5.31. The van der Waals surface area contributed by atoms with Gasteiger partial charge in [0.2, 0.25) is 0 Å². The fourth-order valence-corrected chi connectivity index (χ4v) is 3.64. The molecule has 0 aliphatic carbocycles. The molecule has 3 nitrogen and oxygen atoms in total. The molecular weight excluding hydrogens is 287 g/mol. The monoisotopic (exact) mass is 300 g/mol. The van der Waals surface area contributed by atoms with Crippen LogP contribution >= 0.6 is 23.4 Å². The van der Waals surface area contributed by atoms with Gasteiger partial charge in [-0.05, 0) is 25.0 Å². The molecule has 0 aromatic heterocycles. The lowest BCUT2D eigenvalue weighted by Gasteiger charge is -2.29. The maximum absolute atomic E-state index is 13.8. The summed E-state index contributed by atoms with van der Waals surface area (Å²) in [5, 5.41) is 3.92. The van der Waals surface area contributed by atoms with Gasteiger partial charge in [-0.25, -0.2) is 4.39 Å². The van der Waals surface area contributed by atoms with Crippen molar-refractivity contribution in [3.8, 4) is 0 Å². The molecule has 2 aliphatic heterocycles. The van der Waals surface area contributed by atoms with Gasteiger partial charge in [0.25, 0.3) is 0 Å². The highest BCUT2D eigenvalue weighted by Gasteiger charge is 2.37. The number of hydrogen-bond donors (Lipinski definition) is 1. The molecule has 0 atom stereocenters. The smallest absolute Gasteiger partial charge is 0.165 e. The van der Waals surface area contributed by atoms with E-state index in [1.165, 1.54) is 6.07 Å². The molecule has 19 heavy (non-hydrogen) atoms. The summed E-state index contributed by atoms with van der Waals surface area (Å²) in [5.41, 5.74) is 0.350. The second-order valence-corrected chi connectivity index (χ2v) is 6.14. The van der Waals surface area contributed by atoms with Crippen LogP contribution in [0.2, 0.25) is 5.02 Å². The lowest BCUT2D eigenvalue weighted by atomic mass is 9.93. The standard InChI is InChI=1S/C13H14ClFN2OS/c14-9-2-1-3-10(11(9)15)16-12-17-13(8-19-12)4-6-18-7-5-13/h1-3H,4-8H2,(H,16,17). The molecular formula is C13H14ClFN2OS. The molecule has 1 N–H and O–H groups in total. The largest absolute Gasteiger partial charge is 0.381 e. The number of thioether (sulfide) groups is 1. The van der Waals surface area contributed by atoms with Crippen molar-refractivity contribution in [3.05, 3.63) is 29.0 Å². The van der Waals surface area contributed by atoms with E-state index < -0.39 is 5.82 Å². The van der Waals surface area contributed by atoms with Crippen LogP contribution in [-0.4, -0.2) is 29.7 Å². The van der Waals surface area contributed by atoms with Gasteiger partial charge >= 0.3 is 0 Å². The highest BCUT2D eigenvalue weighted by atomic mass is 35.5. The number of rotatable bonds is 1. The zero-order valence-corrected chi connectivity index (χ0v) is 11.9. The number of nitrogens with zero attached hydrogens (tertiary/aromatic N) is 1. The van der Waals surface area contributed by atoms with E-state index in [1.54, 1.807) is 23.9 Å². The molecule has 1 spiro atoms. The summed E-state index contributed by atoms with van der Waals surface area (Å²) in [6.07, 6.45) is 1.87. The molecule has 2 heterocycles. The summed E-state index contributed by atoms with van der Waals surface area (Å²) in [4.78, 5) is 4.72. The average molecular weight is 301 g/mol. The summed E-state index contributed by atoms with van der Waals surface area (Å²) in [7, 11) is 0. The van der Waals surface area contributed by atoms with E-state index in [9.17, 15) is 4.39 Å². The highest BCUT2D eigenvalue weighted by molar-refractivity contribution is 8.14. The number of amidine groups is 1. The molecule has 0 saturated carbocycles. The van der Waals surface area contributed by atoms with E-state index in [0.29, 0.717) is 5.69 Å². The molecule has 1 aromatic carbocycles. The Morgan fingerprint density at radius 1 is 1.37 bits per heavy atom. The van der Waals surface area contributed by atoms with Crippen LogP contribution in [0.4, 0.5) is 10.1 Å². The number of ether oxygens (including phenoxy) is 1. The zero-order chi connectivity index (χ0) is 13.3. The Labute approximate surface area is 120 Å². The third-order valence-corrected chi connectivity index (χ3v) is 4.87. The van der Waals surface area contributed by atoms with Crippen molar-refractivity contribution < 1.29 is 9.13 Å². The summed E-state index contributed by atoms with van der Waals surface area (Å²) in [5.74, 6) is 0.501. The summed E-state index contributed by atoms with van der Waals surface area (Å²) in [6.45, 7) is 1.51. The van der Waals surface area contributed by atoms with Crippen LogP contribution in [0.1, 0.15) is 12.8 Å². The first-order valence-corrected chi connectivity index (χ1v) is 7.56. The topological polar surface area (TPSA) is 33.6 Å². The van der Waals surface area contributed by atoms with E-state index >= 15 is 0 Å². The van der Waals surface area contributed by atoms with Crippen LogP contribution < -0.4 is 5.32 Å². The minimum Gasteiger partial charge on any atom is -0.381 e. The molecule has 0 amide bonds. The molecule has 3 rings (SSSR count). The number of anilines is 1. The van der Waals surface area contributed by atoms with E-state index in [-0.39, 0.29) is 10.6 Å². The fraction of sp³-hybridized carbons (Fsp3) is 0.462. The van der Waals surface area contributed by atoms with E-state index in [0.717, 1.165) is 37.0 Å². The normalized spacial score (nSPS) is 21.5. The van der Waals surface area contributed by atoms with E-state index in [1.807, 2.05) is 0 Å². The average Bonchev–Trinajstić information content (AvgIpc) is 2.79. The highest BCUT2D eigenvalue weighted by Crippen LogP contribution is 2.36. The molecule has 1 aromatic rings. The Morgan fingerprint density at radius 2 is 2.16 bits per heavy atom. The minimum atomic E-state index is -0.430. The van der Waals surface area contributed by atoms with Gasteiger partial charge in [-0.1, -0.05) is 29.4 Å². The lowest BCUT2D eigenvalue weighted by molar-refractivity contribution is 0.0624. The molecule has 102 valence electrons. The molecule has 0 bridgehead atoms. The van der Waals surface area contributed by atoms with Gasteiger partial charge in [0.15, 0.2) is 11.0 Å². The minimum absolute atomic E-state index is 0.0275. The van der Waals surface area contributed by atoms with Crippen molar-refractivity contribution in [3.63, 3.8) is 0 Å². The number of aliphatic imine (C=N–C) groups is 1. The van der Waals surface area contributed by atoms with Crippen molar-refractivity contribution in [2.75, 3.05) is 24.3 Å². The number of hydrogen-bond acceptors (Lipinski definition) is 4. The Kier molecular flexibility index (Phi) is 3.69. The predicted molar refractivity (Wildman–Crippen MR) is 77.7 cm³/mol. The van der Waals surface area contributed by atoms with Crippen molar-refractivity contribution >= 4 is 34.2 Å². The summed E-state index contributed by atoms with van der Waals surface area (Å²) >= 11 is 7.39. The first kappa shape index (κ1) is 13.2. The first-order chi connectivity index (χ1) is 9.19. The Bertz CT molecular complexity index is 517.